The van der Waals surface area contributed by atoms with Gasteiger partial charge in [0.25, 0.3) is 5.91 Å². The van der Waals surface area contributed by atoms with Crippen LogP contribution in [0.3, 0.4) is 0 Å². The van der Waals surface area contributed by atoms with Crippen molar-refractivity contribution in [3.63, 3.8) is 0 Å². The highest BCUT2D eigenvalue weighted by Gasteiger charge is 2.16. The number of fused-ring (bicyclic) bond motifs is 1. The van der Waals surface area contributed by atoms with Gasteiger partial charge < -0.3 is 29.7 Å². The number of ether oxygens (including phenoxy) is 1. The van der Waals surface area contributed by atoms with Crippen LogP contribution in [0.1, 0.15) is 75.5 Å². The van der Waals surface area contributed by atoms with E-state index in [4.69, 9.17) is 4.74 Å². The minimum Gasteiger partial charge on any atom is -0.507 e. The van der Waals surface area contributed by atoms with Crippen LogP contribution in [-0.2, 0) is 6.54 Å². The highest BCUT2D eigenvalue weighted by molar-refractivity contribution is 6.05. The van der Waals surface area contributed by atoms with E-state index in [0.717, 1.165) is 43.9 Å². The molecule has 0 aliphatic carbocycles. The molecular weight excluding hydrogens is 610 g/mol. The number of hydrogen-bond acceptors (Lipinski definition) is 5. The maximum absolute atomic E-state index is 13.2. The second kappa shape index (κ2) is 17.6. The standard InChI is InChI=1S/C40H47N3O4.C2H6/c1-6-19-42(22-18-27(2)3)20-11-21-43-29(5)28(4)35-26-34(16-17-36(35)43)47-33-15-10-14-31(23-33)40(46)41-32-24-37(44)39(38(45)25-32)30-12-8-7-9-13-30;1-2/h7-10,12-17,23-27,44-45H,6,11,18-22H2,1-5H3,(H,41,46);1-2H3. The molecule has 5 aromatic rings. The molecule has 1 aromatic heterocycles. The van der Waals surface area contributed by atoms with Crippen LogP contribution in [0.15, 0.2) is 84.9 Å². The van der Waals surface area contributed by atoms with Crippen LogP contribution in [0, 0.1) is 19.8 Å². The zero-order valence-electron chi connectivity index (χ0n) is 30.2. The summed E-state index contributed by atoms with van der Waals surface area (Å²) in [4.78, 5) is 15.8. The summed E-state index contributed by atoms with van der Waals surface area (Å²) in [6, 6.07) is 25.1. The van der Waals surface area contributed by atoms with E-state index in [-0.39, 0.29) is 23.1 Å². The molecule has 0 aliphatic rings. The number of phenols is 2. The Balaban J connectivity index is 0.00000265. The molecule has 3 N–H and O–H groups in total. The predicted molar refractivity (Wildman–Crippen MR) is 203 cm³/mol. The van der Waals surface area contributed by atoms with Crippen LogP contribution in [0.25, 0.3) is 22.0 Å². The molecule has 1 heterocycles. The first-order chi connectivity index (χ1) is 23.6. The largest absolute Gasteiger partial charge is 0.507 e. The lowest BCUT2D eigenvalue weighted by Gasteiger charge is -2.23. The van der Waals surface area contributed by atoms with Gasteiger partial charge in [0.15, 0.2) is 0 Å². The fourth-order valence-corrected chi connectivity index (χ4v) is 6.15. The summed E-state index contributed by atoms with van der Waals surface area (Å²) >= 11 is 0. The lowest BCUT2D eigenvalue weighted by atomic mass is 10.0. The van der Waals surface area contributed by atoms with Gasteiger partial charge in [-0.15, -0.1) is 0 Å². The van der Waals surface area contributed by atoms with Crippen molar-refractivity contribution in [1.29, 1.82) is 0 Å². The number of aromatic nitrogens is 1. The van der Waals surface area contributed by atoms with E-state index in [9.17, 15) is 15.0 Å². The zero-order valence-corrected chi connectivity index (χ0v) is 30.2. The van der Waals surface area contributed by atoms with Gasteiger partial charge in [0.05, 0.1) is 5.56 Å². The Hall–Kier alpha value is -4.75. The second-order valence-corrected chi connectivity index (χ2v) is 12.8. The number of amides is 1. The summed E-state index contributed by atoms with van der Waals surface area (Å²) in [5.41, 5.74) is 5.38. The Morgan fingerprint density at radius 2 is 1.55 bits per heavy atom. The molecule has 0 aliphatic heterocycles. The van der Waals surface area contributed by atoms with Crippen LogP contribution in [0.4, 0.5) is 5.69 Å². The summed E-state index contributed by atoms with van der Waals surface area (Å²) in [5.74, 6) is 1.31. The van der Waals surface area contributed by atoms with Crippen molar-refractivity contribution < 1.29 is 19.7 Å². The summed E-state index contributed by atoms with van der Waals surface area (Å²) in [7, 11) is 0. The fraction of sp³-hybridized carbons (Fsp3) is 0.357. The van der Waals surface area contributed by atoms with E-state index in [1.807, 2.05) is 44.2 Å². The van der Waals surface area contributed by atoms with Gasteiger partial charge in [0.2, 0.25) is 0 Å². The Morgan fingerprint density at radius 3 is 2.22 bits per heavy atom. The molecule has 0 fully saturated rings. The van der Waals surface area contributed by atoms with Gasteiger partial charge in [-0.1, -0.05) is 71.0 Å². The summed E-state index contributed by atoms with van der Waals surface area (Å²) in [5, 5.41) is 25.2. The lowest BCUT2D eigenvalue weighted by molar-refractivity contribution is 0.102. The molecule has 7 heteroatoms. The van der Waals surface area contributed by atoms with Crippen molar-refractivity contribution in [2.75, 3.05) is 25.0 Å². The summed E-state index contributed by atoms with van der Waals surface area (Å²) in [6.45, 7) is 19.6. The highest BCUT2D eigenvalue weighted by atomic mass is 16.5. The van der Waals surface area contributed by atoms with Crippen molar-refractivity contribution in [3.05, 3.63) is 102 Å². The minimum absolute atomic E-state index is 0.126. The van der Waals surface area contributed by atoms with Crippen LogP contribution in [-0.4, -0.2) is 45.2 Å². The van der Waals surface area contributed by atoms with Crippen molar-refractivity contribution in [3.8, 4) is 34.1 Å². The molecule has 49 heavy (non-hydrogen) atoms. The minimum atomic E-state index is -0.387. The molecule has 1 amide bonds. The molecule has 7 nitrogen and oxygen atoms in total. The molecule has 0 saturated heterocycles. The molecule has 0 saturated carbocycles. The van der Waals surface area contributed by atoms with Crippen molar-refractivity contribution in [2.45, 2.75) is 74.3 Å². The van der Waals surface area contributed by atoms with E-state index in [2.05, 4.69) is 61.5 Å². The smallest absolute Gasteiger partial charge is 0.255 e. The van der Waals surface area contributed by atoms with Crippen molar-refractivity contribution in [2.24, 2.45) is 5.92 Å². The number of phenolic OH excluding ortho intramolecular Hbond substituents is 2. The number of rotatable bonds is 14. The Kier molecular flexibility index (Phi) is 13.3. The van der Waals surface area contributed by atoms with E-state index in [0.29, 0.717) is 28.2 Å². The van der Waals surface area contributed by atoms with E-state index in [1.54, 1.807) is 30.3 Å². The number of carbonyl (C=O) groups excluding carboxylic acids is 1. The third kappa shape index (κ3) is 9.45. The van der Waals surface area contributed by atoms with E-state index >= 15 is 0 Å². The van der Waals surface area contributed by atoms with E-state index in [1.165, 1.54) is 41.7 Å². The number of hydrogen-bond donors (Lipinski definition) is 3. The van der Waals surface area contributed by atoms with Crippen molar-refractivity contribution >= 4 is 22.5 Å². The molecule has 0 atom stereocenters. The Morgan fingerprint density at radius 1 is 0.857 bits per heavy atom. The average molecular weight is 664 g/mol. The predicted octanol–water partition coefficient (Wildman–Crippen LogP) is 10.6. The maximum atomic E-state index is 13.2. The highest BCUT2D eigenvalue weighted by Crippen LogP contribution is 2.40. The molecule has 0 spiro atoms. The first-order valence-corrected chi connectivity index (χ1v) is 17.7. The van der Waals surface area contributed by atoms with Crippen LogP contribution >= 0.6 is 0 Å². The number of aryl methyl sites for hydroxylation is 2. The van der Waals surface area contributed by atoms with Crippen LogP contribution in [0.2, 0.25) is 0 Å². The number of aromatic hydroxyl groups is 2. The first kappa shape index (κ1) is 37.1. The van der Waals surface area contributed by atoms with Crippen LogP contribution < -0.4 is 10.1 Å². The lowest BCUT2D eigenvalue weighted by Crippen LogP contribution is -2.28. The van der Waals surface area contributed by atoms with Gasteiger partial charge in [-0.3, -0.25) is 4.79 Å². The number of nitrogens with zero attached hydrogens (tertiary/aromatic N) is 2. The molecule has 0 bridgehead atoms. The van der Waals surface area contributed by atoms with Gasteiger partial charge in [-0.05, 0) is 106 Å². The van der Waals surface area contributed by atoms with Gasteiger partial charge >= 0.3 is 0 Å². The molecule has 0 unspecified atom stereocenters. The summed E-state index contributed by atoms with van der Waals surface area (Å²) < 4.78 is 8.67. The molecule has 260 valence electrons. The maximum Gasteiger partial charge on any atom is 0.255 e. The number of benzene rings is 4. The van der Waals surface area contributed by atoms with Crippen molar-refractivity contribution in [1.82, 2.24) is 9.47 Å². The SMILES string of the molecule is CC.CCCN(CCCn1c(C)c(C)c2cc(Oc3cccc(C(=O)Nc4cc(O)c(-c5ccccc5)c(O)c4)c3)ccc21)CCC(C)C. The fourth-order valence-electron chi connectivity index (χ4n) is 6.15. The third-order valence-corrected chi connectivity index (χ3v) is 8.78. The third-order valence-electron chi connectivity index (χ3n) is 8.78. The van der Waals surface area contributed by atoms with Gasteiger partial charge in [0.1, 0.15) is 23.0 Å². The van der Waals surface area contributed by atoms with E-state index < -0.39 is 0 Å². The summed E-state index contributed by atoms with van der Waals surface area (Å²) in [6.07, 6.45) is 3.52. The monoisotopic (exact) mass is 663 g/mol. The number of carbonyl (C=O) groups is 1. The average Bonchev–Trinajstić information content (AvgIpc) is 3.32. The van der Waals surface area contributed by atoms with Gasteiger partial charge in [0, 0.05) is 46.5 Å². The number of nitrogens with one attached hydrogen (secondary N) is 1. The number of anilines is 1. The molecule has 4 aromatic carbocycles. The molecule has 0 radical (unpaired) electrons. The molecule has 5 rings (SSSR count). The Bertz CT molecular complexity index is 1800. The van der Waals surface area contributed by atoms with Gasteiger partial charge in [-0.2, -0.15) is 0 Å². The van der Waals surface area contributed by atoms with Crippen LogP contribution in [0.5, 0.6) is 23.0 Å². The quantitative estimate of drug-likeness (QED) is 0.110. The zero-order chi connectivity index (χ0) is 35.5. The Labute approximate surface area is 292 Å². The first-order valence-electron chi connectivity index (χ1n) is 17.7. The van der Waals surface area contributed by atoms with Gasteiger partial charge in [-0.25, -0.2) is 0 Å². The second-order valence-electron chi connectivity index (χ2n) is 12.8. The normalized spacial score (nSPS) is 11.1. The topological polar surface area (TPSA) is 87.0 Å². The molecular formula is C42H53N3O4.